The highest BCUT2D eigenvalue weighted by Crippen LogP contribution is 2.12. The van der Waals surface area contributed by atoms with Gasteiger partial charge in [-0.1, -0.05) is 141 Å². The molecule has 0 fully saturated rings. The first-order valence-electron chi connectivity index (χ1n) is 18.9. The Labute approximate surface area is 278 Å². The molecular weight excluding hydrogens is 564 g/mol. The first-order chi connectivity index (χ1) is 21.6. The Morgan fingerprint density at radius 1 is 0.511 bits per heavy atom. The zero-order valence-corrected chi connectivity index (χ0v) is 29.7. The van der Waals surface area contributed by atoms with Gasteiger partial charge in [0.2, 0.25) is 0 Å². The lowest BCUT2D eigenvalue weighted by Gasteiger charge is -2.15. The van der Waals surface area contributed by atoms with Gasteiger partial charge in [0.05, 0.1) is 6.61 Å². The van der Waals surface area contributed by atoms with E-state index in [0.29, 0.717) is 12.8 Å². The van der Waals surface area contributed by atoms with Gasteiger partial charge < -0.3 is 20.1 Å². The normalized spacial score (nSPS) is 12.1. The minimum Gasteiger partial charge on any atom is -0.462 e. The highest BCUT2D eigenvalue weighted by atomic mass is 16.6. The monoisotopic (exact) mass is 639 g/mol. The van der Waals surface area contributed by atoms with Crippen molar-refractivity contribution in [2.75, 3.05) is 13.2 Å². The summed E-state index contributed by atoms with van der Waals surface area (Å²) in [6.07, 6.45) is 40.9. The number of carbonyl (C=O) groups is 2. The largest absolute Gasteiger partial charge is 0.462 e. The van der Waals surface area contributed by atoms with Gasteiger partial charge in [-0.2, -0.15) is 0 Å². The smallest absolute Gasteiger partial charge is 0.306 e. The van der Waals surface area contributed by atoms with Crippen LogP contribution in [-0.2, 0) is 19.1 Å². The van der Waals surface area contributed by atoms with Gasteiger partial charge in [0, 0.05) is 12.8 Å². The van der Waals surface area contributed by atoms with E-state index in [-0.39, 0.29) is 30.6 Å². The summed E-state index contributed by atoms with van der Waals surface area (Å²) in [5, 5.41) is 9.53. The molecule has 45 heavy (non-hydrogen) atoms. The minimum atomic E-state index is -0.774. The molecule has 0 aliphatic rings. The molecule has 1 unspecified atom stereocenters. The zero-order valence-electron chi connectivity index (χ0n) is 29.7. The fraction of sp³-hybridized carbons (Fsp3) is 0.846. The van der Waals surface area contributed by atoms with Crippen molar-refractivity contribution in [3.8, 4) is 0 Å². The van der Waals surface area contributed by atoms with Crippen molar-refractivity contribution >= 4 is 11.9 Å². The van der Waals surface area contributed by atoms with Crippen LogP contribution in [0.4, 0.5) is 0 Å². The van der Waals surface area contributed by atoms with E-state index in [2.05, 4.69) is 38.2 Å². The molecule has 0 heterocycles. The van der Waals surface area contributed by atoms with Gasteiger partial charge in [0.15, 0.2) is 6.10 Å². The molecule has 0 radical (unpaired) electrons. The number of aliphatic hydroxyl groups excluding tert-OH is 1. The average Bonchev–Trinajstić information content (AvgIpc) is 3.02. The number of hydrogen-bond donors (Lipinski definition) is 1. The highest BCUT2D eigenvalue weighted by Gasteiger charge is 2.16. The van der Waals surface area contributed by atoms with Gasteiger partial charge in [0.1, 0.15) is 6.61 Å². The molecule has 0 saturated heterocycles. The summed E-state index contributed by atoms with van der Waals surface area (Å²) in [5.41, 5.74) is 0. The first-order valence-corrected chi connectivity index (χ1v) is 18.9. The number of esters is 2. The maximum Gasteiger partial charge on any atom is 0.306 e. The molecule has 0 spiro atoms. The summed E-state index contributed by atoms with van der Waals surface area (Å²) >= 11 is 0. The maximum atomic E-state index is 12.1. The van der Waals surface area contributed by atoms with Crippen molar-refractivity contribution in [2.24, 2.45) is 0 Å². The molecule has 0 aromatic rings. The van der Waals surface area contributed by atoms with Crippen molar-refractivity contribution in [1.82, 2.24) is 0 Å². The van der Waals surface area contributed by atoms with Gasteiger partial charge >= 0.3 is 11.9 Å². The number of hydrogen-bond acceptors (Lipinski definition) is 5. The molecule has 0 aromatic heterocycles. The predicted octanol–water partition coefficient (Wildman–Crippen LogP) is 10.7. The molecule has 0 aliphatic carbocycles. The van der Waals surface area contributed by atoms with Gasteiger partial charge in [-0.25, -0.2) is 0 Å². The molecule has 0 rings (SSSR count). The fourth-order valence-electron chi connectivity index (χ4n) is 5.31. The van der Waals surface area contributed by atoms with Crippen molar-refractivity contribution in [1.29, 1.82) is 0 Å². The second-order valence-corrected chi connectivity index (χ2v) is 12.6. The molecular formula is C39H74O6. The lowest BCUT2D eigenvalue weighted by Crippen LogP contribution is -2.28. The first kappa shape index (κ1) is 45.5. The van der Waals surface area contributed by atoms with Crippen molar-refractivity contribution < 1.29 is 29.6 Å². The molecule has 3 N–H and O–H groups in total. The molecule has 0 aliphatic heterocycles. The van der Waals surface area contributed by atoms with E-state index in [0.717, 1.165) is 51.4 Å². The molecule has 0 aromatic carbocycles. The van der Waals surface area contributed by atoms with E-state index in [4.69, 9.17) is 9.47 Å². The third-order valence-electron chi connectivity index (χ3n) is 8.22. The minimum absolute atomic E-state index is 0. The van der Waals surface area contributed by atoms with Gasteiger partial charge in [-0.05, 0) is 64.2 Å². The molecule has 6 nitrogen and oxygen atoms in total. The van der Waals surface area contributed by atoms with Crippen LogP contribution in [0.15, 0.2) is 24.3 Å². The van der Waals surface area contributed by atoms with Crippen LogP contribution in [0.3, 0.4) is 0 Å². The Bertz CT molecular complexity index is 674. The third kappa shape index (κ3) is 36.7. The predicted molar refractivity (Wildman–Crippen MR) is 190 cm³/mol. The lowest BCUT2D eigenvalue weighted by molar-refractivity contribution is -0.161. The van der Waals surface area contributed by atoms with Crippen LogP contribution in [0.5, 0.6) is 0 Å². The summed E-state index contributed by atoms with van der Waals surface area (Å²) in [5.74, 6) is -0.607. The van der Waals surface area contributed by atoms with E-state index in [1.54, 1.807) is 0 Å². The molecule has 266 valence electrons. The van der Waals surface area contributed by atoms with Crippen LogP contribution < -0.4 is 0 Å². The summed E-state index contributed by atoms with van der Waals surface area (Å²) in [4.78, 5) is 24.2. The standard InChI is InChI=1S/C39H72O5.H2O/c1-3-5-7-9-11-13-15-17-19-21-23-25-27-29-31-33-38(41)43-36-37(35-40)44-39(42)34-32-30-28-26-24-22-20-18-16-14-12-10-8-6-4-2;/h17-20,37,40H,3-16,21-36H2,1-2H3;1H2/b19-17-,20-18-;. The molecule has 0 amide bonds. The van der Waals surface area contributed by atoms with Crippen LogP contribution >= 0.6 is 0 Å². The Morgan fingerprint density at radius 3 is 1.22 bits per heavy atom. The number of aliphatic hydroxyl groups is 1. The van der Waals surface area contributed by atoms with Crippen LogP contribution in [0, 0.1) is 0 Å². The van der Waals surface area contributed by atoms with Crippen LogP contribution in [0.1, 0.15) is 194 Å². The average molecular weight is 639 g/mol. The van der Waals surface area contributed by atoms with E-state index in [1.807, 2.05) is 0 Å². The van der Waals surface area contributed by atoms with E-state index < -0.39 is 6.10 Å². The second kappa shape index (κ2) is 38.5. The van der Waals surface area contributed by atoms with Crippen molar-refractivity contribution in [2.45, 2.75) is 200 Å². The van der Waals surface area contributed by atoms with Gasteiger partial charge in [-0.15, -0.1) is 0 Å². The number of allylic oxidation sites excluding steroid dienone is 4. The molecule has 0 saturated carbocycles. The Balaban J connectivity index is 0. The van der Waals surface area contributed by atoms with Crippen molar-refractivity contribution in [3.63, 3.8) is 0 Å². The zero-order chi connectivity index (χ0) is 32.2. The number of carbonyl (C=O) groups excluding carboxylic acids is 2. The Kier molecular flexibility index (Phi) is 38.9. The van der Waals surface area contributed by atoms with Crippen LogP contribution in [0.25, 0.3) is 0 Å². The van der Waals surface area contributed by atoms with E-state index in [9.17, 15) is 14.7 Å². The topological polar surface area (TPSA) is 104 Å². The quantitative estimate of drug-likeness (QED) is 0.0429. The SMILES string of the molecule is CCCCCCCC/C=C\CCCCCCCC(=O)OCC(CO)OC(=O)CCCCCCC/C=C\CCCCCCCC.O. The third-order valence-corrected chi connectivity index (χ3v) is 8.22. The number of unbranched alkanes of at least 4 members (excludes halogenated alkanes) is 22. The Hall–Kier alpha value is -1.66. The van der Waals surface area contributed by atoms with Crippen LogP contribution in [0.2, 0.25) is 0 Å². The van der Waals surface area contributed by atoms with E-state index >= 15 is 0 Å². The fourth-order valence-corrected chi connectivity index (χ4v) is 5.31. The molecule has 0 bridgehead atoms. The summed E-state index contributed by atoms with van der Waals surface area (Å²) in [7, 11) is 0. The Morgan fingerprint density at radius 2 is 0.844 bits per heavy atom. The summed E-state index contributed by atoms with van der Waals surface area (Å²) < 4.78 is 10.6. The van der Waals surface area contributed by atoms with Gasteiger partial charge in [-0.3, -0.25) is 9.59 Å². The summed E-state index contributed by atoms with van der Waals surface area (Å²) in [6.45, 7) is 4.11. The van der Waals surface area contributed by atoms with Crippen LogP contribution in [-0.4, -0.2) is 41.8 Å². The lowest BCUT2D eigenvalue weighted by atomic mass is 10.1. The molecule has 6 heteroatoms. The van der Waals surface area contributed by atoms with E-state index in [1.165, 1.54) is 116 Å². The second-order valence-electron chi connectivity index (χ2n) is 12.6. The molecule has 1 atom stereocenters. The highest BCUT2D eigenvalue weighted by molar-refractivity contribution is 5.70. The number of rotatable bonds is 34. The number of ether oxygens (including phenoxy) is 2. The van der Waals surface area contributed by atoms with Crippen molar-refractivity contribution in [3.05, 3.63) is 24.3 Å². The summed E-state index contributed by atoms with van der Waals surface area (Å²) in [6, 6.07) is 0. The maximum absolute atomic E-state index is 12.1. The van der Waals surface area contributed by atoms with Gasteiger partial charge in [0.25, 0.3) is 0 Å².